The highest BCUT2D eigenvalue weighted by Gasteiger charge is 2.33. The summed E-state index contributed by atoms with van der Waals surface area (Å²) >= 11 is 1.35. The number of rotatable bonds is 4. The highest BCUT2D eigenvalue weighted by atomic mass is 32.1. The molecule has 0 amide bonds. The molecule has 9 heteroatoms. The maximum absolute atomic E-state index is 12.6. The van der Waals surface area contributed by atoms with E-state index in [0.29, 0.717) is 11.1 Å². The molecule has 1 aromatic heterocycles. The summed E-state index contributed by atoms with van der Waals surface area (Å²) in [6, 6.07) is 2.05. The first-order valence-electron chi connectivity index (χ1n) is 5.80. The van der Waals surface area contributed by atoms with E-state index in [4.69, 9.17) is 0 Å². The number of anilines is 1. The molecular weight excluding hydrogens is 307 g/mol. The Balaban J connectivity index is 2.33. The molecule has 2 rings (SSSR count). The molecule has 1 unspecified atom stereocenters. The predicted molar refractivity (Wildman–Crippen MR) is 72.3 cm³/mol. The number of nitro benzene ring substituents is 1. The lowest BCUT2D eigenvalue weighted by molar-refractivity contribution is -0.384. The number of alkyl halides is 3. The van der Waals surface area contributed by atoms with Crippen molar-refractivity contribution in [3.63, 3.8) is 0 Å². The number of hydrogen-bond acceptors (Lipinski definition) is 5. The monoisotopic (exact) mass is 317 g/mol. The summed E-state index contributed by atoms with van der Waals surface area (Å²) in [5, 5.41) is 16.2. The Labute approximate surface area is 121 Å². The van der Waals surface area contributed by atoms with Gasteiger partial charge in [0.05, 0.1) is 16.5 Å². The molecule has 112 valence electrons. The third kappa shape index (κ3) is 3.48. The lowest BCUT2D eigenvalue weighted by Crippen LogP contribution is -2.10. The fourth-order valence-electron chi connectivity index (χ4n) is 1.72. The molecule has 0 saturated carbocycles. The number of thiazole rings is 1. The Hall–Kier alpha value is -2.16. The molecule has 2 aromatic rings. The van der Waals surface area contributed by atoms with Crippen LogP contribution in [0.2, 0.25) is 0 Å². The third-order valence-corrected chi connectivity index (χ3v) is 3.67. The zero-order chi connectivity index (χ0) is 15.6. The summed E-state index contributed by atoms with van der Waals surface area (Å²) in [6.07, 6.45) is -3.04. The first-order chi connectivity index (χ1) is 9.79. The minimum atomic E-state index is -4.62. The Bertz CT molecular complexity index is 644. The Morgan fingerprint density at radius 3 is 2.67 bits per heavy atom. The molecule has 0 aliphatic carbocycles. The summed E-state index contributed by atoms with van der Waals surface area (Å²) in [5.41, 5.74) is -1.65. The van der Waals surface area contributed by atoms with Crippen LogP contribution in [0.15, 0.2) is 29.8 Å². The van der Waals surface area contributed by atoms with Gasteiger partial charge in [0.2, 0.25) is 0 Å². The standard InChI is InChI=1S/C12H10F3N3O2S/c1-7(11-16-4-5-21-11)17-9-3-2-8(12(13,14)15)6-10(9)18(19)20/h2-7,17H,1H3. The molecule has 0 radical (unpaired) electrons. The second kappa shape index (κ2) is 5.68. The molecule has 21 heavy (non-hydrogen) atoms. The van der Waals surface area contributed by atoms with Crippen LogP contribution in [0, 0.1) is 10.1 Å². The van der Waals surface area contributed by atoms with Gasteiger partial charge < -0.3 is 5.32 Å². The predicted octanol–water partition coefficient (Wildman–Crippen LogP) is 4.24. The van der Waals surface area contributed by atoms with Crippen LogP contribution in [-0.4, -0.2) is 9.91 Å². The van der Waals surface area contributed by atoms with E-state index in [9.17, 15) is 23.3 Å². The topological polar surface area (TPSA) is 68.1 Å². The number of hydrogen-bond donors (Lipinski definition) is 1. The Morgan fingerprint density at radius 1 is 1.43 bits per heavy atom. The highest BCUT2D eigenvalue weighted by molar-refractivity contribution is 7.09. The van der Waals surface area contributed by atoms with Crippen molar-refractivity contribution in [3.8, 4) is 0 Å². The van der Waals surface area contributed by atoms with Crippen LogP contribution in [0.25, 0.3) is 0 Å². The summed E-state index contributed by atoms with van der Waals surface area (Å²) in [7, 11) is 0. The average molecular weight is 317 g/mol. The van der Waals surface area contributed by atoms with Gasteiger partial charge in [-0.1, -0.05) is 0 Å². The lowest BCUT2D eigenvalue weighted by Gasteiger charge is -2.14. The molecule has 1 heterocycles. The molecule has 0 bridgehead atoms. The minimum Gasteiger partial charge on any atom is -0.371 e. The lowest BCUT2D eigenvalue weighted by atomic mass is 10.1. The van der Waals surface area contributed by atoms with E-state index in [2.05, 4.69) is 10.3 Å². The van der Waals surface area contributed by atoms with Crippen LogP contribution in [0.3, 0.4) is 0 Å². The van der Waals surface area contributed by atoms with E-state index < -0.39 is 22.4 Å². The van der Waals surface area contributed by atoms with Crippen molar-refractivity contribution in [2.75, 3.05) is 5.32 Å². The summed E-state index contributed by atoms with van der Waals surface area (Å²) in [5.74, 6) is 0. The van der Waals surface area contributed by atoms with Gasteiger partial charge in [-0.2, -0.15) is 13.2 Å². The number of halogens is 3. The zero-order valence-electron chi connectivity index (χ0n) is 10.7. The Kier molecular flexibility index (Phi) is 4.12. The molecule has 0 saturated heterocycles. The van der Waals surface area contributed by atoms with Crippen molar-refractivity contribution < 1.29 is 18.1 Å². The number of nitro groups is 1. The minimum absolute atomic E-state index is 0.0238. The zero-order valence-corrected chi connectivity index (χ0v) is 11.5. The molecule has 0 aliphatic rings. The van der Waals surface area contributed by atoms with Gasteiger partial charge >= 0.3 is 6.18 Å². The van der Waals surface area contributed by atoms with Gasteiger partial charge in [0.15, 0.2) is 0 Å². The van der Waals surface area contributed by atoms with Crippen molar-refractivity contribution >= 4 is 22.7 Å². The van der Waals surface area contributed by atoms with E-state index >= 15 is 0 Å². The van der Waals surface area contributed by atoms with Gasteiger partial charge in [-0.3, -0.25) is 10.1 Å². The molecular formula is C12H10F3N3O2S. The summed E-state index contributed by atoms with van der Waals surface area (Å²) in [6.45, 7) is 1.72. The number of benzene rings is 1. The summed E-state index contributed by atoms with van der Waals surface area (Å²) in [4.78, 5) is 14.2. The second-order valence-electron chi connectivity index (χ2n) is 4.22. The van der Waals surface area contributed by atoms with Gasteiger partial charge in [-0.05, 0) is 19.1 Å². The average Bonchev–Trinajstić information content (AvgIpc) is 2.91. The van der Waals surface area contributed by atoms with Gasteiger partial charge in [-0.15, -0.1) is 11.3 Å². The molecule has 5 nitrogen and oxygen atoms in total. The fourth-order valence-corrected chi connectivity index (χ4v) is 2.37. The van der Waals surface area contributed by atoms with Crippen LogP contribution in [0.1, 0.15) is 23.5 Å². The second-order valence-corrected chi connectivity index (χ2v) is 5.15. The van der Waals surface area contributed by atoms with Crippen molar-refractivity contribution in [3.05, 3.63) is 50.5 Å². The molecule has 0 aliphatic heterocycles. The molecule has 0 fully saturated rings. The molecule has 1 N–H and O–H groups in total. The smallest absolute Gasteiger partial charge is 0.371 e. The normalized spacial score (nSPS) is 13.0. The quantitative estimate of drug-likeness (QED) is 0.676. The largest absolute Gasteiger partial charge is 0.416 e. The number of nitrogens with zero attached hydrogens (tertiary/aromatic N) is 2. The van der Waals surface area contributed by atoms with E-state index in [0.717, 1.165) is 12.1 Å². The number of aromatic nitrogens is 1. The molecule has 1 atom stereocenters. The van der Waals surface area contributed by atoms with E-state index in [1.807, 2.05) is 0 Å². The molecule has 1 aromatic carbocycles. The third-order valence-electron chi connectivity index (χ3n) is 2.72. The highest BCUT2D eigenvalue weighted by Crippen LogP contribution is 2.36. The Morgan fingerprint density at radius 2 is 2.14 bits per heavy atom. The van der Waals surface area contributed by atoms with Crippen LogP contribution in [0.4, 0.5) is 24.5 Å². The fraction of sp³-hybridized carbons (Fsp3) is 0.250. The van der Waals surface area contributed by atoms with Crippen LogP contribution in [-0.2, 0) is 6.18 Å². The van der Waals surface area contributed by atoms with Crippen molar-refractivity contribution in [1.29, 1.82) is 0 Å². The maximum atomic E-state index is 12.6. The van der Waals surface area contributed by atoms with Crippen molar-refractivity contribution in [2.24, 2.45) is 0 Å². The van der Waals surface area contributed by atoms with Gasteiger partial charge in [-0.25, -0.2) is 4.98 Å². The van der Waals surface area contributed by atoms with Gasteiger partial charge in [0.1, 0.15) is 10.7 Å². The van der Waals surface area contributed by atoms with Crippen LogP contribution in [0.5, 0.6) is 0 Å². The van der Waals surface area contributed by atoms with E-state index in [1.165, 1.54) is 11.3 Å². The van der Waals surface area contributed by atoms with E-state index in [-0.39, 0.29) is 11.7 Å². The van der Waals surface area contributed by atoms with Crippen molar-refractivity contribution in [2.45, 2.75) is 19.1 Å². The molecule has 0 spiro atoms. The summed E-state index contributed by atoms with van der Waals surface area (Å²) < 4.78 is 37.8. The van der Waals surface area contributed by atoms with Crippen molar-refractivity contribution in [1.82, 2.24) is 4.98 Å². The number of nitrogens with one attached hydrogen (secondary N) is 1. The van der Waals surface area contributed by atoms with Gasteiger partial charge in [0.25, 0.3) is 5.69 Å². The first kappa shape index (κ1) is 15.2. The first-order valence-corrected chi connectivity index (χ1v) is 6.68. The maximum Gasteiger partial charge on any atom is 0.416 e. The van der Waals surface area contributed by atoms with E-state index in [1.54, 1.807) is 18.5 Å². The SMILES string of the molecule is CC(Nc1ccc(C(F)(F)F)cc1[N+](=O)[O-])c1nccs1. The van der Waals surface area contributed by atoms with Crippen LogP contribution >= 0.6 is 11.3 Å². The van der Waals surface area contributed by atoms with Crippen LogP contribution < -0.4 is 5.32 Å². The van der Waals surface area contributed by atoms with Gasteiger partial charge in [0, 0.05) is 17.6 Å².